The molecule has 0 aliphatic heterocycles. The summed E-state index contributed by atoms with van der Waals surface area (Å²) in [5.41, 5.74) is 4.87. The van der Waals surface area contributed by atoms with Crippen molar-refractivity contribution in [2.45, 2.75) is 32.4 Å². The average Bonchev–Trinajstić information content (AvgIpc) is 2.21. The summed E-state index contributed by atoms with van der Waals surface area (Å²) in [4.78, 5) is 22.1. The van der Waals surface area contributed by atoms with Crippen molar-refractivity contribution in [2.75, 3.05) is 6.54 Å². The fraction of sp³-hybridized carbons (Fsp3) is 0.778. The van der Waals surface area contributed by atoms with Crippen LogP contribution in [0.1, 0.15) is 13.8 Å². The molecular weight excluding hydrogens is 236 g/mol. The maximum absolute atomic E-state index is 12.0. The Morgan fingerprint density at radius 1 is 1.35 bits per heavy atom. The second-order valence-corrected chi connectivity index (χ2v) is 3.88. The van der Waals surface area contributed by atoms with Gasteiger partial charge in [-0.3, -0.25) is 4.79 Å². The molecule has 0 fully saturated rings. The summed E-state index contributed by atoms with van der Waals surface area (Å²) >= 11 is 0. The predicted octanol–water partition coefficient (Wildman–Crippen LogP) is -0.578. The van der Waals surface area contributed by atoms with Crippen molar-refractivity contribution in [1.29, 1.82) is 0 Å². The summed E-state index contributed by atoms with van der Waals surface area (Å²) in [5, 5.41) is 13.1. The van der Waals surface area contributed by atoms with E-state index >= 15 is 0 Å². The maximum Gasteiger partial charge on any atom is 0.312 e. The highest BCUT2D eigenvalue weighted by Crippen LogP contribution is 2.03. The van der Waals surface area contributed by atoms with Crippen molar-refractivity contribution in [2.24, 2.45) is 11.7 Å². The highest BCUT2D eigenvalue weighted by molar-refractivity contribution is 5.86. The van der Waals surface area contributed by atoms with E-state index < -0.39 is 37.1 Å². The van der Waals surface area contributed by atoms with E-state index in [1.165, 1.54) is 0 Å². The van der Waals surface area contributed by atoms with Crippen LogP contribution in [0.2, 0.25) is 0 Å². The van der Waals surface area contributed by atoms with Crippen LogP contribution >= 0.6 is 0 Å². The summed E-state index contributed by atoms with van der Waals surface area (Å²) in [5.74, 6) is -0.926. The molecule has 2 atom stereocenters. The molecule has 0 bridgehead atoms. The van der Waals surface area contributed by atoms with Gasteiger partial charge in [0.15, 0.2) is 0 Å². The first-order valence-corrected chi connectivity index (χ1v) is 5.05. The van der Waals surface area contributed by atoms with E-state index in [2.05, 4.69) is 10.6 Å². The summed E-state index contributed by atoms with van der Waals surface area (Å²) < 4.78 is 23.9. The van der Waals surface area contributed by atoms with Gasteiger partial charge in [0.05, 0.1) is 0 Å². The Labute approximate surface area is 97.5 Å². The normalized spacial score (nSPS) is 14.5. The maximum atomic E-state index is 12.0. The smallest absolute Gasteiger partial charge is 0.312 e. The summed E-state index contributed by atoms with van der Waals surface area (Å²) in [6.07, 6.45) is -4.86. The largest absolute Gasteiger partial charge is 0.385 e. The van der Waals surface area contributed by atoms with E-state index in [4.69, 9.17) is 10.8 Å². The van der Waals surface area contributed by atoms with E-state index in [9.17, 15) is 18.4 Å². The van der Waals surface area contributed by atoms with Gasteiger partial charge in [-0.05, 0) is 5.92 Å². The second kappa shape index (κ2) is 7.00. The number of hydrogen-bond donors (Lipinski definition) is 4. The highest BCUT2D eigenvalue weighted by atomic mass is 19.3. The monoisotopic (exact) mass is 253 g/mol. The molecule has 0 aromatic rings. The Morgan fingerprint density at radius 2 is 1.88 bits per heavy atom. The number of carbonyl (C=O) groups is 2. The van der Waals surface area contributed by atoms with Crippen LogP contribution in [0.3, 0.4) is 0 Å². The van der Waals surface area contributed by atoms with Crippen LogP contribution in [0.4, 0.5) is 13.6 Å². The summed E-state index contributed by atoms with van der Waals surface area (Å²) in [7, 11) is 0. The lowest BCUT2D eigenvalue weighted by Crippen LogP contribution is -2.52. The van der Waals surface area contributed by atoms with Gasteiger partial charge in [-0.1, -0.05) is 13.8 Å². The first-order chi connectivity index (χ1) is 7.75. The van der Waals surface area contributed by atoms with Crippen molar-refractivity contribution in [3.63, 3.8) is 0 Å². The molecule has 3 amide bonds. The third kappa shape index (κ3) is 6.00. The molecule has 0 saturated heterocycles. The number of urea groups is 1. The number of halogens is 2. The molecule has 0 aromatic carbocycles. The molecule has 0 spiro atoms. The van der Waals surface area contributed by atoms with Gasteiger partial charge in [-0.15, -0.1) is 0 Å². The van der Waals surface area contributed by atoms with E-state index in [0.717, 1.165) is 0 Å². The zero-order chi connectivity index (χ0) is 13.6. The van der Waals surface area contributed by atoms with Crippen molar-refractivity contribution < 1.29 is 23.5 Å². The van der Waals surface area contributed by atoms with Crippen LogP contribution < -0.4 is 16.4 Å². The van der Waals surface area contributed by atoms with E-state index in [1.54, 1.807) is 13.8 Å². The van der Waals surface area contributed by atoms with Gasteiger partial charge in [0.1, 0.15) is 12.1 Å². The minimum absolute atomic E-state index is 0.258. The third-order valence-electron chi connectivity index (χ3n) is 2.02. The number of aliphatic hydroxyl groups excluding tert-OH is 1. The van der Waals surface area contributed by atoms with E-state index in [-0.39, 0.29) is 5.92 Å². The summed E-state index contributed by atoms with van der Waals surface area (Å²) in [6, 6.07) is -1.80. The molecule has 2 unspecified atom stereocenters. The number of alkyl halides is 2. The van der Waals surface area contributed by atoms with Crippen molar-refractivity contribution >= 4 is 11.9 Å². The number of nitrogens with two attached hydrogens (primary N) is 1. The Balaban J connectivity index is 4.29. The van der Waals surface area contributed by atoms with Crippen LogP contribution in [0.15, 0.2) is 0 Å². The van der Waals surface area contributed by atoms with Crippen LogP contribution in [0.25, 0.3) is 0 Å². The van der Waals surface area contributed by atoms with Crippen molar-refractivity contribution in [3.8, 4) is 0 Å². The van der Waals surface area contributed by atoms with Crippen LogP contribution in [-0.2, 0) is 4.79 Å². The molecule has 0 radical (unpaired) electrons. The number of aliphatic hydroxyl groups is 1. The molecule has 0 aromatic heterocycles. The molecule has 8 heteroatoms. The number of hydrogen-bond acceptors (Lipinski definition) is 3. The molecule has 0 aliphatic carbocycles. The Bertz CT molecular complexity index is 274. The van der Waals surface area contributed by atoms with Crippen molar-refractivity contribution in [3.05, 3.63) is 0 Å². The first-order valence-electron chi connectivity index (χ1n) is 5.05. The van der Waals surface area contributed by atoms with Gasteiger partial charge in [0.2, 0.25) is 5.91 Å². The Kier molecular flexibility index (Phi) is 6.40. The number of primary amides is 1. The second-order valence-electron chi connectivity index (χ2n) is 3.88. The summed E-state index contributed by atoms with van der Waals surface area (Å²) in [6.45, 7) is 2.73. The molecular formula is C9H17F2N3O3. The van der Waals surface area contributed by atoms with Crippen LogP contribution in [0, 0.1) is 5.92 Å². The Morgan fingerprint density at radius 3 is 2.24 bits per heavy atom. The predicted molar refractivity (Wildman–Crippen MR) is 56.4 cm³/mol. The zero-order valence-corrected chi connectivity index (χ0v) is 9.61. The lowest BCUT2D eigenvalue weighted by molar-refractivity contribution is -0.124. The standard InChI is InChI=1S/C9H17F2N3O3/c1-4(2)6(14-9(12)17)8(16)13-3-5(15)7(10)11/h4-7,15H,3H2,1-2H3,(H,13,16)(H3,12,14,17). The quantitative estimate of drug-likeness (QED) is 0.509. The molecule has 5 N–H and O–H groups in total. The highest BCUT2D eigenvalue weighted by Gasteiger charge is 2.25. The van der Waals surface area contributed by atoms with Gasteiger partial charge in [-0.25, -0.2) is 13.6 Å². The number of nitrogens with one attached hydrogen (secondary N) is 2. The van der Waals surface area contributed by atoms with Gasteiger partial charge in [-0.2, -0.15) is 0 Å². The minimum atomic E-state index is -2.93. The molecule has 6 nitrogen and oxygen atoms in total. The molecule has 100 valence electrons. The molecule has 0 saturated carbocycles. The fourth-order valence-corrected chi connectivity index (χ4v) is 1.09. The zero-order valence-electron chi connectivity index (χ0n) is 9.61. The molecule has 0 rings (SSSR count). The number of carbonyl (C=O) groups excluding carboxylic acids is 2. The average molecular weight is 253 g/mol. The lowest BCUT2D eigenvalue weighted by Gasteiger charge is -2.21. The molecule has 0 aliphatic rings. The Hall–Kier alpha value is -1.44. The first kappa shape index (κ1) is 15.6. The topological polar surface area (TPSA) is 104 Å². The van der Waals surface area contributed by atoms with Crippen LogP contribution in [0.5, 0.6) is 0 Å². The van der Waals surface area contributed by atoms with Crippen LogP contribution in [-0.4, -0.2) is 42.2 Å². The SMILES string of the molecule is CC(C)C(NC(N)=O)C(=O)NCC(O)C(F)F. The van der Waals surface area contributed by atoms with Crippen molar-refractivity contribution in [1.82, 2.24) is 10.6 Å². The van der Waals surface area contributed by atoms with E-state index in [1.807, 2.05) is 0 Å². The number of rotatable bonds is 6. The fourth-order valence-electron chi connectivity index (χ4n) is 1.09. The third-order valence-corrected chi connectivity index (χ3v) is 2.02. The lowest BCUT2D eigenvalue weighted by atomic mass is 10.0. The minimum Gasteiger partial charge on any atom is -0.385 e. The van der Waals surface area contributed by atoms with Gasteiger partial charge < -0.3 is 21.5 Å². The molecule has 0 heterocycles. The van der Waals surface area contributed by atoms with Gasteiger partial charge in [0.25, 0.3) is 6.43 Å². The number of amides is 3. The van der Waals surface area contributed by atoms with Gasteiger partial charge >= 0.3 is 6.03 Å². The van der Waals surface area contributed by atoms with Gasteiger partial charge in [0, 0.05) is 6.54 Å². The molecule has 17 heavy (non-hydrogen) atoms. The van der Waals surface area contributed by atoms with E-state index in [0.29, 0.717) is 0 Å².